The van der Waals surface area contributed by atoms with Crippen LogP contribution in [0.25, 0.3) is 5.65 Å². The first-order valence-electron chi connectivity index (χ1n) is 7.18. The molecular formula is C17H16FN3O2. The first-order chi connectivity index (χ1) is 11.0. The summed E-state index contributed by atoms with van der Waals surface area (Å²) in [6, 6.07) is 6.38. The maximum atomic E-state index is 13.0. The lowest BCUT2D eigenvalue weighted by Crippen LogP contribution is -2.08. The summed E-state index contributed by atoms with van der Waals surface area (Å²) in [5.41, 5.74) is 4.52. The minimum Gasteiger partial charge on any atom is -0.465 e. The Morgan fingerprint density at radius 1 is 1.26 bits per heavy atom. The molecule has 0 saturated heterocycles. The second-order valence-electron chi connectivity index (χ2n) is 5.35. The zero-order valence-electron chi connectivity index (χ0n) is 13.1. The molecule has 0 radical (unpaired) electrons. The lowest BCUT2D eigenvalue weighted by atomic mass is 10.0. The topological polar surface area (TPSA) is 56.5 Å². The van der Waals surface area contributed by atoms with Gasteiger partial charge in [-0.3, -0.25) is 0 Å². The van der Waals surface area contributed by atoms with Crippen LogP contribution in [0, 0.1) is 19.7 Å². The summed E-state index contributed by atoms with van der Waals surface area (Å²) in [4.78, 5) is 16.3. The summed E-state index contributed by atoms with van der Waals surface area (Å²) >= 11 is 0. The Morgan fingerprint density at radius 2 is 1.96 bits per heavy atom. The highest BCUT2D eigenvalue weighted by molar-refractivity contribution is 5.95. The fourth-order valence-corrected chi connectivity index (χ4v) is 2.63. The van der Waals surface area contributed by atoms with Crippen LogP contribution < -0.4 is 0 Å². The molecule has 0 unspecified atom stereocenters. The van der Waals surface area contributed by atoms with Gasteiger partial charge in [-0.25, -0.2) is 18.7 Å². The normalized spacial score (nSPS) is 11.0. The quantitative estimate of drug-likeness (QED) is 0.698. The van der Waals surface area contributed by atoms with Crippen LogP contribution in [0.3, 0.4) is 0 Å². The van der Waals surface area contributed by atoms with Crippen molar-refractivity contribution in [2.45, 2.75) is 20.3 Å². The van der Waals surface area contributed by atoms with Crippen LogP contribution in [0.5, 0.6) is 0 Å². The highest BCUT2D eigenvalue weighted by Crippen LogP contribution is 2.20. The van der Waals surface area contributed by atoms with Crippen LogP contribution in [0.15, 0.2) is 30.5 Å². The molecule has 5 nitrogen and oxygen atoms in total. The van der Waals surface area contributed by atoms with E-state index >= 15 is 0 Å². The van der Waals surface area contributed by atoms with Crippen molar-refractivity contribution in [3.05, 3.63) is 64.4 Å². The third-order valence-electron chi connectivity index (χ3n) is 3.91. The molecule has 0 saturated carbocycles. The molecule has 0 amide bonds. The number of ether oxygens (including phenoxy) is 1. The average molecular weight is 313 g/mol. The van der Waals surface area contributed by atoms with Crippen molar-refractivity contribution in [3.63, 3.8) is 0 Å². The standard InChI is InChI=1S/C17H16FN3O2/c1-10-14(8-12-4-6-13(18)7-5-12)11(2)21-16(20-10)15(9-19-21)17(22)23-3/h4-7,9H,8H2,1-3H3. The van der Waals surface area contributed by atoms with Gasteiger partial charge in [0, 0.05) is 17.8 Å². The Balaban J connectivity index is 2.08. The lowest BCUT2D eigenvalue weighted by molar-refractivity contribution is 0.0602. The number of hydrogen-bond acceptors (Lipinski definition) is 4. The SMILES string of the molecule is COC(=O)c1cnn2c(C)c(Cc3ccc(F)cc3)c(C)nc12. The van der Waals surface area contributed by atoms with E-state index in [0.717, 1.165) is 22.5 Å². The first-order valence-corrected chi connectivity index (χ1v) is 7.18. The Bertz CT molecular complexity index is 885. The van der Waals surface area contributed by atoms with Gasteiger partial charge in [0.15, 0.2) is 5.65 Å². The maximum Gasteiger partial charge on any atom is 0.343 e. The number of benzene rings is 1. The molecule has 118 valence electrons. The Labute approximate surface area is 132 Å². The third-order valence-corrected chi connectivity index (χ3v) is 3.91. The monoisotopic (exact) mass is 313 g/mol. The van der Waals surface area contributed by atoms with Crippen LogP contribution in [-0.2, 0) is 11.2 Å². The molecular weight excluding hydrogens is 297 g/mol. The van der Waals surface area contributed by atoms with Gasteiger partial charge in [-0.1, -0.05) is 12.1 Å². The van der Waals surface area contributed by atoms with E-state index < -0.39 is 5.97 Å². The van der Waals surface area contributed by atoms with Crippen molar-refractivity contribution in [1.82, 2.24) is 14.6 Å². The van der Waals surface area contributed by atoms with Gasteiger partial charge >= 0.3 is 5.97 Å². The van der Waals surface area contributed by atoms with Gasteiger partial charge in [0.2, 0.25) is 0 Å². The predicted molar refractivity (Wildman–Crippen MR) is 83.0 cm³/mol. The van der Waals surface area contributed by atoms with E-state index in [9.17, 15) is 9.18 Å². The molecule has 6 heteroatoms. The summed E-state index contributed by atoms with van der Waals surface area (Å²) in [7, 11) is 1.33. The van der Waals surface area contributed by atoms with Gasteiger partial charge in [-0.15, -0.1) is 0 Å². The molecule has 0 aliphatic heterocycles. The Morgan fingerprint density at radius 3 is 2.61 bits per heavy atom. The minimum absolute atomic E-state index is 0.259. The molecule has 2 heterocycles. The zero-order chi connectivity index (χ0) is 16.6. The number of halogens is 1. The number of esters is 1. The smallest absolute Gasteiger partial charge is 0.343 e. The number of carbonyl (C=O) groups excluding carboxylic acids is 1. The second-order valence-corrected chi connectivity index (χ2v) is 5.35. The molecule has 3 rings (SSSR count). The molecule has 0 fully saturated rings. The molecule has 0 aliphatic rings. The summed E-state index contributed by atoms with van der Waals surface area (Å²) in [6.07, 6.45) is 2.08. The molecule has 0 aliphatic carbocycles. The highest BCUT2D eigenvalue weighted by atomic mass is 19.1. The van der Waals surface area contributed by atoms with Crippen LogP contribution in [-0.4, -0.2) is 27.7 Å². The number of nitrogens with zero attached hydrogens (tertiary/aromatic N) is 3. The van der Waals surface area contributed by atoms with Gasteiger partial charge < -0.3 is 4.74 Å². The van der Waals surface area contributed by atoms with Gasteiger partial charge in [-0.2, -0.15) is 5.10 Å². The number of hydrogen-bond donors (Lipinski definition) is 0. The van der Waals surface area contributed by atoms with E-state index in [1.165, 1.54) is 25.4 Å². The molecule has 3 aromatic rings. The fourth-order valence-electron chi connectivity index (χ4n) is 2.63. The molecule has 0 spiro atoms. The number of aromatic nitrogens is 3. The fraction of sp³-hybridized carbons (Fsp3) is 0.235. The van der Waals surface area contributed by atoms with E-state index in [4.69, 9.17) is 4.74 Å². The summed E-state index contributed by atoms with van der Waals surface area (Å²) in [5.74, 6) is -0.719. The molecule has 0 atom stereocenters. The number of methoxy groups -OCH3 is 1. The second kappa shape index (κ2) is 5.79. The minimum atomic E-state index is -0.461. The molecule has 0 bridgehead atoms. The average Bonchev–Trinajstić information content (AvgIpc) is 2.96. The zero-order valence-corrected chi connectivity index (χ0v) is 13.1. The highest BCUT2D eigenvalue weighted by Gasteiger charge is 2.18. The Kier molecular flexibility index (Phi) is 3.82. The van der Waals surface area contributed by atoms with Crippen molar-refractivity contribution < 1.29 is 13.9 Å². The summed E-state index contributed by atoms with van der Waals surface area (Å²) in [5, 5.41) is 4.24. The third kappa shape index (κ3) is 2.67. The molecule has 1 aromatic carbocycles. The molecule has 0 N–H and O–H groups in total. The Hall–Kier alpha value is -2.76. The van der Waals surface area contributed by atoms with Crippen molar-refractivity contribution in [3.8, 4) is 0 Å². The van der Waals surface area contributed by atoms with Gasteiger partial charge in [0.25, 0.3) is 0 Å². The van der Waals surface area contributed by atoms with E-state index in [2.05, 4.69) is 10.1 Å². The molecule has 2 aromatic heterocycles. The number of aryl methyl sites for hydroxylation is 2. The van der Waals surface area contributed by atoms with Gasteiger partial charge in [0.1, 0.15) is 11.4 Å². The van der Waals surface area contributed by atoms with E-state index in [1.807, 2.05) is 13.8 Å². The number of rotatable bonds is 3. The lowest BCUT2D eigenvalue weighted by Gasteiger charge is -2.11. The van der Waals surface area contributed by atoms with E-state index in [-0.39, 0.29) is 5.82 Å². The first kappa shape index (κ1) is 15.1. The van der Waals surface area contributed by atoms with E-state index in [1.54, 1.807) is 16.6 Å². The maximum absolute atomic E-state index is 13.0. The van der Waals surface area contributed by atoms with Crippen LogP contribution in [0.1, 0.15) is 32.9 Å². The van der Waals surface area contributed by atoms with Crippen LogP contribution >= 0.6 is 0 Å². The summed E-state index contributed by atoms with van der Waals surface area (Å²) < 4.78 is 19.4. The summed E-state index contributed by atoms with van der Waals surface area (Å²) in [6.45, 7) is 3.81. The van der Waals surface area contributed by atoms with Crippen LogP contribution in [0.2, 0.25) is 0 Å². The van der Waals surface area contributed by atoms with Crippen molar-refractivity contribution >= 4 is 11.6 Å². The van der Waals surface area contributed by atoms with E-state index in [0.29, 0.717) is 17.6 Å². The largest absolute Gasteiger partial charge is 0.465 e. The van der Waals surface area contributed by atoms with Crippen molar-refractivity contribution in [2.24, 2.45) is 0 Å². The van der Waals surface area contributed by atoms with Gasteiger partial charge in [0.05, 0.1) is 13.3 Å². The van der Waals surface area contributed by atoms with Crippen LogP contribution in [0.4, 0.5) is 4.39 Å². The van der Waals surface area contributed by atoms with Crippen molar-refractivity contribution in [2.75, 3.05) is 7.11 Å². The van der Waals surface area contributed by atoms with Gasteiger partial charge in [-0.05, 0) is 37.1 Å². The van der Waals surface area contributed by atoms with Crippen molar-refractivity contribution in [1.29, 1.82) is 0 Å². The number of carbonyl (C=O) groups is 1. The number of fused-ring (bicyclic) bond motifs is 1. The predicted octanol–water partition coefficient (Wildman–Crippen LogP) is 2.86. The molecule has 23 heavy (non-hydrogen) atoms.